The summed E-state index contributed by atoms with van der Waals surface area (Å²) < 4.78 is 5.26. The van der Waals surface area contributed by atoms with Gasteiger partial charge in [-0.25, -0.2) is 0 Å². The van der Waals surface area contributed by atoms with E-state index in [1.807, 2.05) is 56.3 Å². The highest BCUT2D eigenvalue weighted by molar-refractivity contribution is 7.98. The van der Waals surface area contributed by atoms with Crippen LogP contribution < -0.4 is 5.32 Å². The molecule has 6 heteroatoms. The van der Waals surface area contributed by atoms with Gasteiger partial charge in [-0.15, -0.1) is 11.8 Å². The van der Waals surface area contributed by atoms with Gasteiger partial charge in [0.2, 0.25) is 0 Å². The lowest BCUT2D eigenvalue weighted by Gasteiger charge is -2.30. The normalized spacial score (nSPS) is 12.2. The maximum atomic E-state index is 13.1. The molecule has 1 unspecified atom stereocenters. The SMILES string of the molecule is CCN(CC)C(CNC(=O)c1ccccc1SCc1c(C)noc1C)c1ccccc1. The van der Waals surface area contributed by atoms with E-state index in [0.29, 0.717) is 12.1 Å². The summed E-state index contributed by atoms with van der Waals surface area (Å²) in [6.45, 7) is 10.6. The first kappa shape index (κ1) is 23.1. The van der Waals surface area contributed by atoms with Gasteiger partial charge in [0.1, 0.15) is 5.76 Å². The lowest BCUT2D eigenvalue weighted by atomic mass is 10.0. The molecule has 1 atom stereocenters. The molecule has 1 amide bonds. The van der Waals surface area contributed by atoms with Crippen molar-refractivity contribution in [1.29, 1.82) is 0 Å². The molecule has 0 radical (unpaired) electrons. The third kappa shape index (κ3) is 5.77. The van der Waals surface area contributed by atoms with Gasteiger partial charge >= 0.3 is 0 Å². The maximum absolute atomic E-state index is 13.1. The fourth-order valence-corrected chi connectivity index (χ4v) is 4.92. The van der Waals surface area contributed by atoms with E-state index in [4.69, 9.17) is 4.52 Å². The second-order valence-corrected chi connectivity index (χ2v) is 8.46. The standard InChI is InChI=1S/C25H31N3O2S/c1-5-28(6-2)23(20-12-8-7-9-13-20)16-26-25(29)21-14-10-11-15-24(21)31-17-22-18(3)27-30-19(22)4/h7-15,23H,5-6,16-17H2,1-4H3,(H,26,29). The van der Waals surface area contributed by atoms with E-state index in [1.165, 1.54) is 5.56 Å². The number of aryl methyl sites for hydroxylation is 2. The number of nitrogens with zero attached hydrogens (tertiary/aromatic N) is 2. The van der Waals surface area contributed by atoms with Gasteiger partial charge in [0.15, 0.2) is 0 Å². The van der Waals surface area contributed by atoms with Crippen molar-refractivity contribution >= 4 is 17.7 Å². The van der Waals surface area contributed by atoms with Crippen LogP contribution >= 0.6 is 11.8 Å². The Morgan fingerprint density at radius 2 is 1.74 bits per heavy atom. The molecule has 0 aliphatic heterocycles. The van der Waals surface area contributed by atoms with E-state index in [-0.39, 0.29) is 11.9 Å². The summed E-state index contributed by atoms with van der Waals surface area (Å²) in [5.41, 5.74) is 3.90. The molecule has 0 aliphatic carbocycles. The van der Waals surface area contributed by atoms with Crippen LogP contribution in [-0.4, -0.2) is 35.6 Å². The Morgan fingerprint density at radius 1 is 1.06 bits per heavy atom. The summed E-state index contributed by atoms with van der Waals surface area (Å²) in [7, 11) is 0. The number of carbonyl (C=O) groups excluding carboxylic acids is 1. The Labute approximate surface area is 189 Å². The van der Waals surface area contributed by atoms with Crippen LogP contribution in [-0.2, 0) is 5.75 Å². The summed E-state index contributed by atoms with van der Waals surface area (Å²) in [5, 5.41) is 7.20. The highest BCUT2D eigenvalue weighted by atomic mass is 32.2. The second kappa shape index (κ2) is 11.2. The van der Waals surface area contributed by atoms with Crippen molar-refractivity contribution < 1.29 is 9.32 Å². The summed E-state index contributed by atoms with van der Waals surface area (Å²) in [4.78, 5) is 16.4. The Balaban J connectivity index is 1.72. The third-order valence-corrected chi connectivity index (χ3v) is 6.68. The van der Waals surface area contributed by atoms with Gasteiger partial charge in [0.25, 0.3) is 5.91 Å². The third-order valence-electron chi connectivity index (χ3n) is 5.58. The molecular formula is C25H31N3O2S. The zero-order valence-corrected chi connectivity index (χ0v) is 19.5. The molecule has 0 saturated carbocycles. The number of hydrogen-bond acceptors (Lipinski definition) is 5. The topological polar surface area (TPSA) is 58.4 Å². The molecule has 3 rings (SSSR count). The minimum absolute atomic E-state index is 0.0463. The number of carbonyl (C=O) groups is 1. The van der Waals surface area contributed by atoms with Crippen LogP contribution in [0.3, 0.4) is 0 Å². The average molecular weight is 438 g/mol. The molecule has 2 aromatic carbocycles. The Hall–Kier alpha value is -2.57. The quantitative estimate of drug-likeness (QED) is 0.431. The molecular weight excluding hydrogens is 406 g/mol. The van der Waals surface area contributed by atoms with Crippen molar-refractivity contribution in [3.05, 3.63) is 82.7 Å². The summed E-state index contributed by atoms with van der Waals surface area (Å²) in [6.07, 6.45) is 0. The Morgan fingerprint density at radius 3 is 2.39 bits per heavy atom. The lowest BCUT2D eigenvalue weighted by molar-refractivity contribution is 0.0932. The number of thioether (sulfide) groups is 1. The molecule has 31 heavy (non-hydrogen) atoms. The van der Waals surface area contributed by atoms with Crippen LogP contribution in [0.2, 0.25) is 0 Å². The molecule has 5 nitrogen and oxygen atoms in total. The molecule has 0 fully saturated rings. The largest absolute Gasteiger partial charge is 0.361 e. The van der Waals surface area contributed by atoms with Crippen molar-refractivity contribution in [2.75, 3.05) is 19.6 Å². The molecule has 0 aliphatic rings. The monoisotopic (exact) mass is 437 g/mol. The van der Waals surface area contributed by atoms with E-state index < -0.39 is 0 Å². The molecule has 0 saturated heterocycles. The number of nitrogens with one attached hydrogen (secondary N) is 1. The number of rotatable bonds is 10. The number of hydrogen-bond donors (Lipinski definition) is 1. The van der Waals surface area contributed by atoms with Gasteiger partial charge in [-0.2, -0.15) is 0 Å². The summed E-state index contributed by atoms with van der Waals surface area (Å²) in [6, 6.07) is 18.3. The van der Waals surface area contributed by atoms with Gasteiger partial charge < -0.3 is 9.84 Å². The van der Waals surface area contributed by atoms with E-state index >= 15 is 0 Å². The van der Waals surface area contributed by atoms with Crippen LogP contribution in [0.1, 0.15) is 52.8 Å². The maximum Gasteiger partial charge on any atom is 0.252 e. The van der Waals surface area contributed by atoms with E-state index in [1.54, 1.807) is 11.8 Å². The van der Waals surface area contributed by atoms with E-state index in [0.717, 1.165) is 40.8 Å². The molecule has 1 heterocycles. The minimum Gasteiger partial charge on any atom is -0.361 e. The Bertz CT molecular complexity index is 964. The molecule has 0 spiro atoms. The van der Waals surface area contributed by atoms with Crippen LogP contribution in [0.4, 0.5) is 0 Å². The van der Waals surface area contributed by atoms with Crippen molar-refractivity contribution in [2.24, 2.45) is 0 Å². The van der Waals surface area contributed by atoms with Crippen molar-refractivity contribution in [2.45, 2.75) is 44.4 Å². The molecule has 1 aromatic heterocycles. The molecule has 1 N–H and O–H groups in total. The fraction of sp³-hybridized carbons (Fsp3) is 0.360. The molecule has 0 bridgehead atoms. The van der Waals surface area contributed by atoms with Crippen LogP contribution in [0, 0.1) is 13.8 Å². The predicted molar refractivity (Wildman–Crippen MR) is 126 cm³/mol. The lowest BCUT2D eigenvalue weighted by Crippen LogP contribution is -2.38. The van der Waals surface area contributed by atoms with Gasteiger partial charge in [-0.1, -0.05) is 61.5 Å². The smallest absolute Gasteiger partial charge is 0.252 e. The average Bonchev–Trinajstić information content (AvgIpc) is 3.13. The van der Waals surface area contributed by atoms with Gasteiger partial charge in [-0.3, -0.25) is 9.69 Å². The zero-order valence-electron chi connectivity index (χ0n) is 18.7. The molecule has 3 aromatic rings. The summed E-state index contributed by atoms with van der Waals surface area (Å²) >= 11 is 1.64. The van der Waals surface area contributed by atoms with Crippen LogP contribution in [0.25, 0.3) is 0 Å². The minimum atomic E-state index is -0.0463. The van der Waals surface area contributed by atoms with E-state index in [2.05, 4.69) is 41.4 Å². The Kier molecular flexibility index (Phi) is 8.32. The van der Waals surface area contributed by atoms with Crippen molar-refractivity contribution in [1.82, 2.24) is 15.4 Å². The van der Waals surface area contributed by atoms with Gasteiger partial charge in [0, 0.05) is 22.8 Å². The van der Waals surface area contributed by atoms with Crippen molar-refractivity contribution in [3.63, 3.8) is 0 Å². The van der Waals surface area contributed by atoms with Crippen molar-refractivity contribution in [3.8, 4) is 0 Å². The number of amides is 1. The first-order chi connectivity index (χ1) is 15.0. The number of benzene rings is 2. The van der Waals surface area contributed by atoms with E-state index in [9.17, 15) is 4.79 Å². The second-order valence-electron chi connectivity index (χ2n) is 7.45. The first-order valence-electron chi connectivity index (χ1n) is 10.8. The number of aromatic nitrogens is 1. The van der Waals surface area contributed by atoms with Gasteiger partial charge in [-0.05, 0) is 44.6 Å². The highest BCUT2D eigenvalue weighted by Crippen LogP contribution is 2.29. The van der Waals surface area contributed by atoms with Crippen LogP contribution in [0.15, 0.2) is 64.0 Å². The first-order valence-corrected chi connectivity index (χ1v) is 11.7. The highest BCUT2D eigenvalue weighted by Gasteiger charge is 2.20. The predicted octanol–water partition coefficient (Wildman–Crippen LogP) is 5.40. The zero-order chi connectivity index (χ0) is 22.2. The number of likely N-dealkylation sites (N-methyl/N-ethyl adjacent to an activating group) is 1. The van der Waals surface area contributed by atoms with Crippen LogP contribution in [0.5, 0.6) is 0 Å². The van der Waals surface area contributed by atoms with Gasteiger partial charge in [0.05, 0.1) is 17.3 Å². The summed E-state index contributed by atoms with van der Waals surface area (Å²) in [5.74, 6) is 1.50. The fourth-order valence-electron chi connectivity index (χ4n) is 3.72. The molecule has 164 valence electrons.